The molecule has 0 radical (unpaired) electrons. The standard InChI is InChI=1S/C8H11F5N2O/c9-7(10)4-14-2-1-5(7)3-15-6(16)8(11,12)13/h5,14H,1-4H2,(H,15,16). The Morgan fingerprint density at radius 2 is 2.06 bits per heavy atom. The molecule has 1 atom stereocenters. The van der Waals surface area contributed by atoms with Gasteiger partial charge >= 0.3 is 12.1 Å². The SMILES string of the molecule is O=C(NCC1CCNCC1(F)F)C(F)(F)F. The normalized spacial score (nSPS) is 25.2. The lowest BCUT2D eigenvalue weighted by molar-refractivity contribution is -0.174. The van der Waals surface area contributed by atoms with E-state index in [-0.39, 0.29) is 6.42 Å². The van der Waals surface area contributed by atoms with Crippen molar-refractivity contribution in [1.82, 2.24) is 10.6 Å². The summed E-state index contributed by atoms with van der Waals surface area (Å²) in [5.74, 6) is -6.51. The van der Waals surface area contributed by atoms with E-state index in [4.69, 9.17) is 0 Å². The second-order valence-corrected chi connectivity index (χ2v) is 3.63. The Kier molecular flexibility index (Phi) is 3.72. The summed E-state index contributed by atoms with van der Waals surface area (Å²) in [5, 5.41) is 3.91. The maximum absolute atomic E-state index is 13.1. The van der Waals surface area contributed by atoms with Crippen molar-refractivity contribution < 1.29 is 26.7 Å². The van der Waals surface area contributed by atoms with Crippen LogP contribution in [0, 0.1) is 5.92 Å². The molecule has 1 aliphatic heterocycles. The average Bonchev–Trinajstić information content (AvgIpc) is 2.13. The second-order valence-electron chi connectivity index (χ2n) is 3.63. The average molecular weight is 246 g/mol. The highest BCUT2D eigenvalue weighted by Gasteiger charge is 2.44. The van der Waals surface area contributed by atoms with Crippen LogP contribution in [0.1, 0.15) is 6.42 Å². The summed E-state index contributed by atoms with van der Waals surface area (Å²) in [4.78, 5) is 10.4. The van der Waals surface area contributed by atoms with Crippen molar-refractivity contribution in [3.05, 3.63) is 0 Å². The molecular weight excluding hydrogens is 235 g/mol. The first kappa shape index (κ1) is 13.1. The quantitative estimate of drug-likeness (QED) is 0.711. The minimum atomic E-state index is -5.03. The van der Waals surface area contributed by atoms with Gasteiger partial charge in [-0.25, -0.2) is 8.78 Å². The van der Waals surface area contributed by atoms with Crippen LogP contribution >= 0.6 is 0 Å². The Labute approximate surface area is 88.4 Å². The lowest BCUT2D eigenvalue weighted by atomic mass is 9.94. The Morgan fingerprint density at radius 1 is 1.44 bits per heavy atom. The lowest BCUT2D eigenvalue weighted by Crippen LogP contribution is -2.51. The zero-order valence-electron chi connectivity index (χ0n) is 8.20. The fraction of sp³-hybridized carbons (Fsp3) is 0.875. The van der Waals surface area contributed by atoms with Crippen LogP contribution in [0.5, 0.6) is 0 Å². The summed E-state index contributed by atoms with van der Waals surface area (Å²) < 4.78 is 61.6. The smallest absolute Gasteiger partial charge is 0.348 e. The predicted molar refractivity (Wildman–Crippen MR) is 45.0 cm³/mol. The summed E-state index contributed by atoms with van der Waals surface area (Å²) in [6, 6.07) is 0. The molecule has 94 valence electrons. The third-order valence-electron chi connectivity index (χ3n) is 2.39. The molecule has 0 spiro atoms. The number of halogens is 5. The highest BCUT2D eigenvalue weighted by Crippen LogP contribution is 2.29. The molecule has 0 bridgehead atoms. The molecule has 0 aromatic heterocycles. The van der Waals surface area contributed by atoms with Crippen molar-refractivity contribution in [3.63, 3.8) is 0 Å². The molecule has 2 N–H and O–H groups in total. The fourth-order valence-electron chi connectivity index (χ4n) is 1.45. The van der Waals surface area contributed by atoms with Crippen LogP contribution in [0.25, 0.3) is 0 Å². The van der Waals surface area contributed by atoms with Crippen molar-refractivity contribution in [3.8, 4) is 0 Å². The zero-order chi connectivity index (χ0) is 12.4. The third kappa shape index (κ3) is 3.29. The molecule has 1 heterocycles. The number of alkyl halides is 5. The molecule has 0 aliphatic carbocycles. The van der Waals surface area contributed by atoms with E-state index in [9.17, 15) is 26.7 Å². The van der Waals surface area contributed by atoms with E-state index in [1.807, 2.05) is 0 Å². The highest BCUT2D eigenvalue weighted by atomic mass is 19.4. The molecule has 0 aromatic carbocycles. The molecule has 0 saturated carbocycles. The number of hydrogen-bond acceptors (Lipinski definition) is 2. The minimum absolute atomic E-state index is 0.0329. The zero-order valence-corrected chi connectivity index (χ0v) is 8.20. The van der Waals surface area contributed by atoms with Gasteiger partial charge in [-0.3, -0.25) is 4.79 Å². The van der Waals surface area contributed by atoms with Gasteiger partial charge in [-0.05, 0) is 13.0 Å². The monoisotopic (exact) mass is 246 g/mol. The van der Waals surface area contributed by atoms with Gasteiger partial charge in [-0.1, -0.05) is 0 Å². The number of carbonyl (C=O) groups is 1. The van der Waals surface area contributed by atoms with Crippen LogP contribution in [0.15, 0.2) is 0 Å². The van der Waals surface area contributed by atoms with E-state index < -0.39 is 37.0 Å². The number of carbonyl (C=O) groups excluding carboxylic acids is 1. The van der Waals surface area contributed by atoms with E-state index in [0.717, 1.165) is 0 Å². The Bertz CT molecular complexity index is 266. The van der Waals surface area contributed by atoms with E-state index in [1.54, 1.807) is 0 Å². The Balaban J connectivity index is 2.45. The van der Waals surface area contributed by atoms with E-state index in [1.165, 1.54) is 5.32 Å². The molecule has 1 rings (SSSR count). The van der Waals surface area contributed by atoms with E-state index >= 15 is 0 Å². The first-order valence-electron chi connectivity index (χ1n) is 4.67. The van der Waals surface area contributed by atoms with Crippen LogP contribution < -0.4 is 10.6 Å². The Hall–Kier alpha value is -0.920. The summed E-state index contributed by atoms with van der Waals surface area (Å²) in [5.41, 5.74) is 0. The summed E-state index contributed by atoms with van der Waals surface area (Å²) in [6.07, 6.45) is -4.99. The van der Waals surface area contributed by atoms with Gasteiger partial charge in [0.05, 0.1) is 6.54 Å². The van der Waals surface area contributed by atoms with Crippen molar-refractivity contribution in [1.29, 1.82) is 0 Å². The largest absolute Gasteiger partial charge is 0.471 e. The number of nitrogens with one attached hydrogen (secondary N) is 2. The van der Waals surface area contributed by atoms with E-state index in [0.29, 0.717) is 6.54 Å². The maximum atomic E-state index is 13.1. The van der Waals surface area contributed by atoms with Gasteiger partial charge in [0.2, 0.25) is 0 Å². The molecule has 1 aliphatic rings. The van der Waals surface area contributed by atoms with Gasteiger partial charge in [0.15, 0.2) is 0 Å². The molecule has 3 nitrogen and oxygen atoms in total. The number of rotatable bonds is 2. The van der Waals surface area contributed by atoms with Gasteiger partial charge in [0.1, 0.15) is 0 Å². The first-order chi connectivity index (χ1) is 7.23. The van der Waals surface area contributed by atoms with Crippen LogP contribution in [0.3, 0.4) is 0 Å². The summed E-state index contributed by atoms with van der Waals surface area (Å²) in [7, 11) is 0. The fourth-order valence-corrected chi connectivity index (χ4v) is 1.45. The molecular formula is C8H11F5N2O. The molecule has 0 aromatic rings. The number of piperidine rings is 1. The number of hydrogen-bond donors (Lipinski definition) is 2. The van der Waals surface area contributed by atoms with Gasteiger partial charge in [-0.15, -0.1) is 0 Å². The van der Waals surface area contributed by atoms with Crippen LogP contribution in [-0.4, -0.2) is 37.6 Å². The predicted octanol–water partition coefficient (Wildman–Crippen LogP) is 0.910. The maximum Gasteiger partial charge on any atom is 0.471 e. The number of amides is 1. The van der Waals surface area contributed by atoms with Crippen LogP contribution in [0.2, 0.25) is 0 Å². The molecule has 1 saturated heterocycles. The third-order valence-corrected chi connectivity index (χ3v) is 2.39. The van der Waals surface area contributed by atoms with Gasteiger partial charge in [-0.2, -0.15) is 13.2 Å². The highest BCUT2D eigenvalue weighted by molar-refractivity contribution is 5.81. The van der Waals surface area contributed by atoms with Crippen molar-refractivity contribution in [2.45, 2.75) is 18.5 Å². The van der Waals surface area contributed by atoms with Gasteiger partial charge < -0.3 is 10.6 Å². The van der Waals surface area contributed by atoms with Crippen LogP contribution in [-0.2, 0) is 4.79 Å². The molecule has 1 amide bonds. The summed E-state index contributed by atoms with van der Waals surface area (Å²) in [6.45, 7) is -0.922. The second kappa shape index (κ2) is 4.52. The van der Waals surface area contributed by atoms with Crippen molar-refractivity contribution in [2.75, 3.05) is 19.6 Å². The molecule has 1 fully saturated rings. The van der Waals surface area contributed by atoms with E-state index in [2.05, 4.69) is 5.32 Å². The van der Waals surface area contributed by atoms with Crippen LogP contribution in [0.4, 0.5) is 22.0 Å². The summed E-state index contributed by atoms with van der Waals surface area (Å²) >= 11 is 0. The van der Waals surface area contributed by atoms with Gasteiger partial charge in [0.25, 0.3) is 5.92 Å². The first-order valence-corrected chi connectivity index (χ1v) is 4.67. The topological polar surface area (TPSA) is 41.1 Å². The molecule has 16 heavy (non-hydrogen) atoms. The van der Waals surface area contributed by atoms with Gasteiger partial charge in [0, 0.05) is 12.5 Å². The van der Waals surface area contributed by atoms with Crippen molar-refractivity contribution >= 4 is 5.91 Å². The van der Waals surface area contributed by atoms with Crippen molar-refractivity contribution in [2.24, 2.45) is 5.92 Å². The minimum Gasteiger partial charge on any atom is -0.348 e. The lowest BCUT2D eigenvalue weighted by Gasteiger charge is -2.31. The molecule has 1 unspecified atom stereocenters. The molecule has 8 heteroatoms. The Morgan fingerprint density at radius 3 is 2.56 bits per heavy atom.